The second-order valence-corrected chi connectivity index (χ2v) is 7.29. The van der Waals surface area contributed by atoms with Crippen LogP contribution in [0.5, 0.6) is 0 Å². The Balaban J connectivity index is 1.48. The fourth-order valence-electron chi connectivity index (χ4n) is 3.91. The molecule has 25 heavy (non-hydrogen) atoms. The molecule has 1 N–H and O–H groups in total. The SMILES string of the molecule is Cn1nccc1C1CCN([C@@H](C(=O)NC2CC2)c2ccccc2)CC1. The summed E-state index contributed by atoms with van der Waals surface area (Å²) >= 11 is 0. The Labute approximate surface area is 149 Å². The van der Waals surface area contributed by atoms with Gasteiger partial charge in [-0.2, -0.15) is 5.10 Å². The van der Waals surface area contributed by atoms with E-state index in [0.29, 0.717) is 12.0 Å². The maximum absolute atomic E-state index is 12.9. The van der Waals surface area contributed by atoms with Crippen molar-refractivity contribution in [3.63, 3.8) is 0 Å². The molecule has 2 aliphatic rings. The van der Waals surface area contributed by atoms with Gasteiger partial charge >= 0.3 is 0 Å². The van der Waals surface area contributed by atoms with E-state index in [-0.39, 0.29) is 11.9 Å². The van der Waals surface area contributed by atoms with Gasteiger partial charge in [0, 0.05) is 30.9 Å². The van der Waals surface area contributed by atoms with Crippen molar-refractivity contribution in [2.24, 2.45) is 7.05 Å². The number of benzene rings is 1. The fraction of sp³-hybridized carbons (Fsp3) is 0.500. The zero-order valence-electron chi connectivity index (χ0n) is 14.8. The van der Waals surface area contributed by atoms with Gasteiger partial charge in [-0.3, -0.25) is 14.4 Å². The average Bonchev–Trinajstić information content (AvgIpc) is 3.34. The number of nitrogens with one attached hydrogen (secondary N) is 1. The molecule has 1 amide bonds. The van der Waals surface area contributed by atoms with E-state index in [1.807, 2.05) is 36.1 Å². The summed E-state index contributed by atoms with van der Waals surface area (Å²) in [6.45, 7) is 1.88. The van der Waals surface area contributed by atoms with Crippen molar-refractivity contribution < 1.29 is 4.79 Å². The molecule has 1 aromatic heterocycles. The van der Waals surface area contributed by atoms with Crippen LogP contribution in [0.4, 0.5) is 0 Å². The maximum atomic E-state index is 12.9. The molecule has 132 valence electrons. The maximum Gasteiger partial charge on any atom is 0.242 e. The molecular weight excluding hydrogens is 312 g/mol. The number of carbonyl (C=O) groups is 1. The second kappa shape index (κ2) is 7.00. The molecule has 0 bridgehead atoms. The Hall–Kier alpha value is -2.14. The smallest absolute Gasteiger partial charge is 0.242 e. The third-order valence-electron chi connectivity index (χ3n) is 5.46. The lowest BCUT2D eigenvalue weighted by atomic mass is 9.91. The molecule has 1 aliphatic heterocycles. The number of piperidine rings is 1. The van der Waals surface area contributed by atoms with Gasteiger partial charge in [0.05, 0.1) is 0 Å². The van der Waals surface area contributed by atoms with Crippen LogP contribution in [0.15, 0.2) is 42.6 Å². The molecule has 0 spiro atoms. The predicted molar refractivity (Wildman–Crippen MR) is 97.1 cm³/mol. The van der Waals surface area contributed by atoms with Crippen molar-refractivity contribution in [1.82, 2.24) is 20.0 Å². The molecule has 1 aliphatic carbocycles. The van der Waals surface area contributed by atoms with Gasteiger partial charge < -0.3 is 5.32 Å². The number of hydrogen-bond acceptors (Lipinski definition) is 3. The minimum absolute atomic E-state index is 0.160. The summed E-state index contributed by atoms with van der Waals surface area (Å²) in [4.78, 5) is 15.2. The van der Waals surface area contributed by atoms with Crippen molar-refractivity contribution in [3.05, 3.63) is 53.9 Å². The first-order valence-corrected chi connectivity index (χ1v) is 9.29. The fourth-order valence-corrected chi connectivity index (χ4v) is 3.91. The van der Waals surface area contributed by atoms with Crippen molar-refractivity contribution in [3.8, 4) is 0 Å². The van der Waals surface area contributed by atoms with E-state index in [0.717, 1.165) is 44.3 Å². The zero-order valence-corrected chi connectivity index (χ0v) is 14.8. The lowest BCUT2D eigenvalue weighted by molar-refractivity contribution is -0.127. The Bertz CT molecular complexity index is 714. The normalized spacial score (nSPS) is 20.4. The van der Waals surface area contributed by atoms with Crippen molar-refractivity contribution in [2.45, 2.75) is 43.7 Å². The van der Waals surface area contributed by atoms with E-state index in [1.165, 1.54) is 5.69 Å². The highest BCUT2D eigenvalue weighted by Gasteiger charge is 2.34. The summed E-state index contributed by atoms with van der Waals surface area (Å²) in [6, 6.07) is 12.5. The number of carbonyl (C=O) groups excluding carboxylic acids is 1. The molecule has 2 heterocycles. The van der Waals surface area contributed by atoms with Crippen LogP contribution < -0.4 is 5.32 Å². The van der Waals surface area contributed by atoms with Gasteiger partial charge in [-0.1, -0.05) is 30.3 Å². The number of amides is 1. The van der Waals surface area contributed by atoms with Crippen molar-refractivity contribution in [2.75, 3.05) is 13.1 Å². The lowest BCUT2D eigenvalue weighted by Crippen LogP contribution is -2.44. The zero-order chi connectivity index (χ0) is 17.2. The topological polar surface area (TPSA) is 50.2 Å². The van der Waals surface area contributed by atoms with Gasteiger partial charge in [-0.15, -0.1) is 0 Å². The average molecular weight is 338 g/mol. The summed E-state index contributed by atoms with van der Waals surface area (Å²) in [5, 5.41) is 7.50. The van der Waals surface area contributed by atoms with Crippen LogP contribution in [0, 0.1) is 0 Å². The lowest BCUT2D eigenvalue weighted by Gasteiger charge is -2.37. The van der Waals surface area contributed by atoms with E-state index in [4.69, 9.17) is 0 Å². The number of likely N-dealkylation sites (tertiary alicyclic amines) is 1. The Morgan fingerprint density at radius 1 is 1.12 bits per heavy atom. The molecule has 5 nitrogen and oxygen atoms in total. The molecule has 0 radical (unpaired) electrons. The highest BCUT2D eigenvalue weighted by atomic mass is 16.2. The van der Waals surface area contributed by atoms with Gasteiger partial charge in [0.15, 0.2) is 0 Å². The van der Waals surface area contributed by atoms with Gasteiger partial charge in [0.25, 0.3) is 0 Å². The molecule has 0 unspecified atom stereocenters. The summed E-state index contributed by atoms with van der Waals surface area (Å²) in [5.41, 5.74) is 2.40. The van der Waals surface area contributed by atoms with Gasteiger partial charge in [0.2, 0.25) is 5.91 Å². The van der Waals surface area contributed by atoms with E-state index in [1.54, 1.807) is 0 Å². The highest BCUT2D eigenvalue weighted by molar-refractivity contribution is 5.83. The van der Waals surface area contributed by atoms with E-state index < -0.39 is 0 Å². The van der Waals surface area contributed by atoms with Crippen LogP contribution in [0.3, 0.4) is 0 Å². The number of aromatic nitrogens is 2. The van der Waals surface area contributed by atoms with Crippen LogP contribution in [-0.4, -0.2) is 39.7 Å². The van der Waals surface area contributed by atoms with Crippen LogP contribution in [0.25, 0.3) is 0 Å². The Morgan fingerprint density at radius 2 is 1.84 bits per heavy atom. The third kappa shape index (κ3) is 3.61. The first-order valence-electron chi connectivity index (χ1n) is 9.29. The van der Waals surface area contributed by atoms with Gasteiger partial charge in [-0.05, 0) is 50.4 Å². The molecule has 5 heteroatoms. The first-order chi connectivity index (χ1) is 12.2. The summed E-state index contributed by atoms with van der Waals surface area (Å²) in [7, 11) is 2.01. The van der Waals surface area contributed by atoms with Gasteiger partial charge in [-0.25, -0.2) is 0 Å². The van der Waals surface area contributed by atoms with Crippen molar-refractivity contribution >= 4 is 5.91 Å². The summed E-state index contributed by atoms with van der Waals surface area (Å²) in [6.07, 6.45) is 6.25. The number of rotatable bonds is 5. The molecule has 1 saturated carbocycles. The monoisotopic (exact) mass is 338 g/mol. The van der Waals surface area contributed by atoms with E-state index >= 15 is 0 Å². The first kappa shape index (κ1) is 16.3. The quantitative estimate of drug-likeness (QED) is 0.912. The third-order valence-corrected chi connectivity index (χ3v) is 5.46. The second-order valence-electron chi connectivity index (χ2n) is 7.29. The summed E-state index contributed by atoms with van der Waals surface area (Å²) in [5.74, 6) is 0.694. The van der Waals surface area contributed by atoms with Crippen LogP contribution in [-0.2, 0) is 11.8 Å². The molecule has 2 fully saturated rings. The summed E-state index contributed by atoms with van der Waals surface area (Å²) < 4.78 is 1.98. The Kier molecular flexibility index (Phi) is 4.57. The molecule has 1 aromatic carbocycles. The van der Waals surface area contributed by atoms with E-state index in [2.05, 4.69) is 33.5 Å². The van der Waals surface area contributed by atoms with E-state index in [9.17, 15) is 4.79 Å². The molecule has 1 saturated heterocycles. The molecular formula is C20H26N4O. The molecule has 2 aromatic rings. The highest BCUT2D eigenvalue weighted by Crippen LogP contribution is 2.32. The largest absolute Gasteiger partial charge is 0.352 e. The Morgan fingerprint density at radius 3 is 2.44 bits per heavy atom. The predicted octanol–water partition coefficient (Wildman–Crippen LogP) is 2.62. The standard InChI is InChI=1S/C20H26N4O/c1-23-18(9-12-21-23)15-10-13-24(14-11-15)19(16-5-3-2-4-6-16)20(25)22-17-7-8-17/h2-6,9,12,15,17,19H,7-8,10-11,13-14H2,1H3,(H,22,25)/t19-/m1/s1. The van der Waals surface area contributed by atoms with Crippen molar-refractivity contribution in [1.29, 1.82) is 0 Å². The minimum atomic E-state index is -0.172. The van der Waals surface area contributed by atoms with Crippen LogP contribution in [0.1, 0.15) is 48.9 Å². The number of aryl methyl sites for hydroxylation is 1. The van der Waals surface area contributed by atoms with Crippen LogP contribution >= 0.6 is 0 Å². The van der Waals surface area contributed by atoms with Crippen LogP contribution in [0.2, 0.25) is 0 Å². The number of hydrogen-bond donors (Lipinski definition) is 1. The van der Waals surface area contributed by atoms with Gasteiger partial charge in [0.1, 0.15) is 6.04 Å². The minimum Gasteiger partial charge on any atom is -0.352 e. The number of nitrogens with zero attached hydrogens (tertiary/aromatic N) is 3. The molecule has 4 rings (SSSR count). The molecule has 1 atom stereocenters.